The van der Waals surface area contributed by atoms with Crippen LogP contribution in [0.3, 0.4) is 0 Å². The fourth-order valence-electron chi connectivity index (χ4n) is 2.08. The van der Waals surface area contributed by atoms with Gasteiger partial charge in [-0.15, -0.1) is 0 Å². The Kier molecular flexibility index (Phi) is 3.73. The average molecular weight is 316 g/mol. The van der Waals surface area contributed by atoms with Crippen LogP contribution in [0.4, 0.5) is 5.69 Å². The molecule has 2 heterocycles. The number of nitriles is 1. The summed E-state index contributed by atoms with van der Waals surface area (Å²) in [5.74, 6) is 0. The third-order valence-corrected chi connectivity index (χ3v) is 4.95. The van der Waals surface area contributed by atoms with Gasteiger partial charge in [0, 0.05) is 11.6 Å². The lowest BCUT2D eigenvalue weighted by molar-refractivity contribution is 0.412. The Morgan fingerprint density at radius 2 is 2.33 bits per heavy atom. The summed E-state index contributed by atoms with van der Waals surface area (Å²) in [6.45, 7) is 2.00. The number of ether oxygens (including phenoxy) is 1. The van der Waals surface area contributed by atoms with E-state index in [-0.39, 0.29) is 0 Å². The predicted molar refractivity (Wildman–Crippen MR) is 85.9 cm³/mol. The Labute approximate surface area is 130 Å². The Morgan fingerprint density at radius 1 is 1.48 bits per heavy atom. The molecule has 2 N–H and O–H groups in total. The highest BCUT2D eigenvalue weighted by Crippen LogP contribution is 2.34. The van der Waals surface area contributed by atoms with Gasteiger partial charge in [0.15, 0.2) is 0 Å². The molecule has 3 rings (SSSR count). The van der Waals surface area contributed by atoms with Gasteiger partial charge in [0.25, 0.3) is 5.19 Å². The highest BCUT2D eigenvalue weighted by Gasteiger charge is 2.11. The first-order chi connectivity index (χ1) is 10.2. The maximum absolute atomic E-state index is 9.16. The molecule has 0 spiro atoms. The summed E-state index contributed by atoms with van der Waals surface area (Å²) in [5, 5.41) is 10.8. The van der Waals surface area contributed by atoms with Crippen molar-refractivity contribution < 1.29 is 4.74 Å². The van der Waals surface area contributed by atoms with Crippen molar-refractivity contribution in [2.75, 3.05) is 11.8 Å². The highest BCUT2D eigenvalue weighted by molar-refractivity contribution is 8.02. The van der Waals surface area contributed by atoms with Gasteiger partial charge in [0.2, 0.25) is 0 Å². The van der Waals surface area contributed by atoms with Crippen molar-refractivity contribution in [3.05, 3.63) is 35.7 Å². The summed E-state index contributed by atoms with van der Waals surface area (Å²) >= 11 is 2.95. The molecule has 0 unspecified atom stereocenters. The van der Waals surface area contributed by atoms with E-state index in [9.17, 15) is 0 Å². The number of fused-ring (bicyclic) bond motifs is 1. The molecule has 0 bridgehead atoms. The number of hydrogen-bond acceptors (Lipinski definition) is 6. The Balaban J connectivity index is 1.89. The number of nitrogens with one attached hydrogen (secondary N) is 2. The van der Waals surface area contributed by atoms with Gasteiger partial charge in [-0.25, -0.2) is 4.98 Å². The monoisotopic (exact) mass is 316 g/mol. The number of hydrogen-bond donors (Lipinski definition) is 2. The van der Waals surface area contributed by atoms with Crippen molar-refractivity contribution in [2.24, 2.45) is 0 Å². The third kappa shape index (κ3) is 2.55. The fourth-order valence-corrected chi connectivity index (χ4v) is 3.54. The van der Waals surface area contributed by atoms with Gasteiger partial charge in [-0.2, -0.15) is 5.26 Å². The molecule has 2 aromatic heterocycles. The van der Waals surface area contributed by atoms with Gasteiger partial charge in [-0.05, 0) is 30.5 Å². The molecule has 0 amide bonds. The van der Waals surface area contributed by atoms with Crippen LogP contribution < -0.4 is 9.46 Å². The van der Waals surface area contributed by atoms with E-state index in [4.69, 9.17) is 10.00 Å². The van der Waals surface area contributed by atoms with E-state index in [1.807, 2.05) is 19.1 Å². The number of benzene rings is 1. The smallest absolute Gasteiger partial charge is 0.273 e. The minimum absolute atomic E-state index is 0.639. The quantitative estimate of drug-likeness (QED) is 0.713. The number of anilines is 1. The molecule has 0 radical (unpaired) electrons. The molecule has 0 fully saturated rings. The lowest BCUT2D eigenvalue weighted by atomic mass is 10.1. The Bertz CT molecular complexity index is 831. The number of thiazole rings is 1. The largest absolute Gasteiger partial charge is 0.473 e. The van der Waals surface area contributed by atoms with Crippen LogP contribution >= 0.6 is 23.3 Å². The molecule has 0 atom stereocenters. The van der Waals surface area contributed by atoms with E-state index < -0.39 is 0 Å². The molecule has 5 nitrogen and oxygen atoms in total. The average Bonchev–Trinajstić information content (AvgIpc) is 3.13. The maximum Gasteiger partial charge on any atom is 0.273 e. The van der Waals surface area contributed by atoms with Crippen molar-refractivity contribution >= 4 is 39.9 Å². The summed E-state index contributed by atoms with van der Waals surface area (Å²) < 4.78 is 9.38. The van der Waals surface area contributed by atoms with Crippen molar-refractivity contribution in [1.29, 1.82) is 5.26 Å². The zero-order valence-corrected chi connectivity index (χ0v) is 13.1. The molecular weight excluding hydrogens is 304 g/mol. The van der Waals surface area contributed by atoms with Crippen LogP contribution in [0.2, 0.25) is 0 Å². The van der Waals surface area contributed by atoms with E-state index in [1.165, 1.54) is 23.3 Å². The molecule has 3 aromatic rings. The van der Waals surface area contributed by atoms with Crippen LogP contribution in [0, 0.1) is 18.3 Å². The molecule has 0 saturated carbocycles. The molecular formula is C14H12N4OS2. The van der Waals surface area contributed by atoms with E-state index in [0.29, 0.717) is 10.8 Å². The molecule has 0 aliphatic carbocycles. The van der Waals surface area contributed by atoms with E-state index in [1.54, 1.807) is 19.5 Å². The molecule has 0 aliphatic heterocycles. The van der Waals surface area contributed by atoms with Crippen LogP contribution in [-0.2, 0) is 0 Å². The van der Waals surface area contributed by atoms with Crippen LogP contribution in [0.25, 0.3) is 10.9 Å². The van der Waals surface area contributed by atoms with E-state index >= 15 is 0 Å². The first kappa shape index (κ1) is 13.8. The normalized spacial score (nSPS) is 10.5. The van der Waals surface area contributed by atoms with E-state index in [0.717, 1.165) is 26.4 Å². The first-order valence-electron chi connectivity index (χ1n) is 6.16. The number of aryl methyl sites for hydroxylation is 1. The number of methoxy groups -OCH3 is 1. The molecule has 1 aromatic carbocycles. The van der Waals surface area contributed by atoms with Crippen LogP contribution in [0.5, 0.6) is 5.19 Å². The van der Waals surface area contributed by atoms with Gasteiger partial charge in [-0.3, -0.25) is 0 Å². The molecule has 21 heavy (non-hydrogen) atoms. The van der Waals surface area contributed by atoms with Gasteiger partial charge in [0.05, 0.1) is 30.1 Å². The Morgan fingerprint density at radius 3 is 3.05 bits per heavy atom. The number of aromatic amines is 1. The fraction of sp³-hybridized carbons (Fsp3) is 0.143. The minimum Gasteiger partial charge on any atom is -0.473 e. The number of aromatic nitrogens is 2. The topological polar surface area (TPSA) is 73.7 Å². The van der Waals surface area contributed by atoms with Gasteiger partial charge >= 0.3 is 0 Å². The lowest BCUT2D eigenvalue weighted by Crippen LogP contribution is -1.88. The minimum atomic E-state index is 0.639. The number of nitrogens with zero attached hydrogens (tertiary/aromatic N) is 2. The maximum atomic E-state index is 9.16. The summed E-state index contributed by atoms with van der Waals surface area (Å²) in [6, 6.07) is 6.22. The van der Waals surface area contributed by atoms with Crippen molar-refractivity contribution in [2.45, 2.75) is 11.1 Å². The molecule has 0 aliphatic rings. The Hall–Kier alpha value is -2.17. The van der Waals surface area contributed by atoms with Crippen LogP contribution in [-0.4, -0.2) is 17.1 Å². The van der Waals surface area contributed by atoms with E-state index in [2.05, 4.69) is 20.8 Å². The van der Waals surface area contributed by atoms with Gasteiger partial charge in [-0.1, -0.05) is 17.4 Å². The van der Waals surface area contributed by atoms with Crippen molar-refractivity contribution in [3.8, 4) is 11.3 Å². The number of H-pyrrole nitrogens is 1. The zero-order valence-electron chi connectivity index (χ0n) is 11.4. The standard InChI is InChI=1S/C14H12N4OS2/c1-8-3-4-10(13-12(8)9(5-15)6-16-13)18-21-11-7-17-14(19-2)20-11/h3-4,6-7,16,18H,1-2H3. The highest BCUT2D eigenvalue weighted by atomic mass is 32.2. The van der Waals surface area contributed by atoms with Crippen LogP contribution in [0.15, 0.2) is 28.7 Å². The van der Waals surface area contributed by atoms with Crippen molar-refractivity contribution in [1.82, 2.24) is 9.97 Å². The molecule has 106 valence electrons. The second-order valence-corrected chi connectivity index (χ2v) is 6.45. The zero-order chi connectivity index (χ0) is 14.8. The second kappa shape index (κ2) is 5.68. The second-order valence-electron chi connectivity index (χ2n) is 4.35. The summed E-state index contributed by atoms with van der Waals surface area (Å²) in [7, 11) is 1.60. The van der Waals surface area contributed by atoms with Crippen LogP contribution in [0.1, 0.15) is 11.1 Å². The SMILES string of the molecule is COc1ncc(SNc2ccc(C)c3c(C#N)c[nH]c23)s1. The first-order valence-corrected chi connectivity index (χ1v) is 7.79. The predicted octanol–water partition coefficient (Wildman–Crippen LogP) is 3.93. The summed E-state index contributed by atoms with van der Waals surface area (Å²) in [4.78, 5) is 7.29. The third-order valence-electron chi connectivity index (χ3n) is 3.06. The molecule has 7 heteroatoms. The molecule has 0 saturated heterocycles. The summed E-state index contributed by atoms with van der Waals surface area (Å²) in [5.41, 5.74) is 3.62. The van der Waals surface area contributed by atoms with Crippen molar-refractivity contribution in [3.63, 3.8) is 0 Å². The van der Waals surface area contributed by atoms with Gasteiger partial charge < -0.3 is 14.4 Å². The number of rotatable bonds is 4. The summed E-state index contributed by atoms with van der Waals surface area (Å²) in [6.07, 6.45) is 3.51. The lowest BCUT2D eigenvalue weighted by Gasteiger charge is -2.06. The van der Waals surface area contributed by atoms with Gasteiger partial charge in [0.1, 0.15) is 10.3 Å².